The van der Waals surface area contributed by atoms with Gasteiger partial charge >= 0.3 is 6.36 Å². The molecule has 212 valence electrons. The molecular formula is C29H24F5N5O2. The summed E-state index contributed by atoms with van der Waals surface area (Å²) in [5.74, 6) is -2.42. The number of ether oxygens (including phenoxy) is 1. The first-order valence-electron chi connectivity index (χ1n) is 12.5. The molecule has 0 saturated carbocycles. The standard InChI is InChI=1S/C29H24F5N5O2/c1-19(28(40,16-39-18-35-17-36-39)24-11-8-22(30)13-25(24)31)3-2-4-20-5-12-27-37-26(15-38(27)14-20)21-6-9-23(10-7-21)41-29(32,33)34/h2,4-15,17-19,40H,3,16H2,1H3/b4-2+/t19-,28+/m0/s1. The zero-order valence-corrected chi connectivity index (χ0v) is 21.6. The number of aliphatic hydroxyl groups is 1. The Bertz CT molecular complexity index is 1670. The van der Waals surface area contributed by atoms with Gasteiger partial charge in [0, 0.05) is 29.6 Å². The lowest BCUT2D eigenvalue weighted by Gasteiger charge is -2.34. The van der Waals surface area contributed by atoms with Gasteiger partial charge in [0.25, 0.3) is 0 Å². The molecule has 2 atom stereocenters. The number of hydrogen-bond acceptors (Lipinski definition) is 5. The Balaban J connectivity index is 1.33. The highest BCUT2D eigenvalue weighted by atomic mass is 19.4. The lowest BCUT2D eigenvalue weighted by Crippen LogP contribution is -2.39. The maximum atomic E-state index is 14.8. The molecule has 1 N–H and O–H groups in total. The number of hydrogen-bond donors (Lipinski definition) is 1. The molecule has 0 amide bonds. The molecule has 0 spiro atoms. The molecule has 3 aromatic heterocycles. The van der Waals surface area contributed by atoms with E-state index >= 15 is 0 Å². The average Bonchev–Trinajstić information content (AvgIpc) is 3.57. The minimum absolute atomic E-state index is 0.0411. The first-order chi connectivity index (χ1) is 19.5. The van der Waals surface area contributed by atoms with Crippen molar-refractivity contribution in [1.82, 2.24) is 24.1 Å². The maximum Gasteiger partial charge on any atom is 0.573 e. The van der Waals surface area contributed by atoms with E-state index in [-0.39, 0.29) is 17.9 Å². The monoisotopic (exact) mass is 569 g/mol. The molecule has 0 aliphatic carbocycles. The number of benzene rings is 2. The number of imidazole rings is 1. The van der Waals surface area contributed by atoms with E-state index in [4.69, 9.17) is 0 Å². The van der Waals surface area contributed by atoms with Crippen LogP contribution in [-0.4, -0.2) is 35.6 Å². The van der Waals surface area contributed by atoms with Crippen molar-refractivity contribution in [2.45, 2.75) is 31.9 Å². The van der Waals surface area contributed by atoms with E-state index in [1.165, 1.54) is 47.7 Å². The lowest BCUT2D eigenvalue weighted by atomic mass is 9.80. The number of rotatable bonds is 9. The maximum absolute atomic E-state index is 14.8. The van der Waals surface area contributed by atoms with Crippen molar-refractivity contribution in [2.75, 3.05) is 0 Å². The summed E-state index contributed by atoms with van der Waals surface area (Å²) in [4.78, 5) is 8.40. The highest BCUT2D eigenvalue weighted by Crippen LogP contribution is 2.36. The summed E-state index contributed by atoms with van der Waals surface area (Å²) in [5.41, 5.74) is 0.887. The predicted octanol–water partition coefficient (Wildman–Crippen LogP) is 6.40. The first kappa shape index (κ1) is 28.0. The molecule has 12 heteroatoms. The third-order valence-electron chi connectivity index (χ3n) is 6.74. The zero-order valence-electron chi connectivity index (χ0n) is 21.6. The minimum atomic E-state index is -4.76. The second-order valence-electron chi connectivity index (χ2n) is 9.61. The Morgan fingerprint density at radius 3 is 2.49 bits per heavy atom. The molecule has 0 aliphatic rings. The molecule has 41 heavy (non-hydrogen) atoms. The number of nitrogens with zero attached hydrogens (tertiary/aromatic N) is 5. The van der Waals surface area contributed by atoms with Crippen LogP contribution in [0.25, 0.3) is 23.0 Å². The fraction of sp³-hybridized carbons (Fsp3) is 0.207. The summed E-state index contributed by atoms with van der Waals surface area (Å²) in [6, 6.07) is 12.2. The van der Waals surface area contributed by atoms with Gasteiger partial charge in [-0.25, -0.2) is 23.4 Å². The second-order valence-corrected chi connectivity index (χ2v) is 9.61. The molecule has 2 aromatic carbocycles. The number of pyridine rings is 1. The molecule has 0 saturated heterocycles. The predicted molar refractivity (Wildman–Crippen MR) is 140 cm³/mol. The van der Waals surface area contributed by atoms with Crippen molar-refractivity contribution in [2.24, 2.45) is 5.92 Å². The van der Waals surface area contributed by atoms with Gasteiger partial charge in [0.2, 0.25) is 0 Å². The van der Waals surface area contributed by atoms with Crippen LogP contribution in [0, 0.1) is 17.6 Å². The third kappa shape index (κ3) is 6.43. The summed E-state index contributed by atoms with van der Waals surface area (Å²) in [6.07, 6.45) is 5.57. The SMILES string of the molecule is C[C@@H](C/C=C/c1ccc2nc(-c3ccc(OC(F)(F)F)cc3)cn2c1)[C@](O)(Cn1cncn1)c1ccc(F)cc1F. The molecule has 0 aliphatic heterocycles. The Morgan fingerprint density at radius 1 is 1.02 bits per heavy atom. The first-order valence-corrected chi connectivity index (χ1v) is 12.5. The van der Waals surface area contributed by atoms with Gasteiger partial charge in [0.1, 0.15) is 41.3 Å². The average molecular weight is 570 g/mol. The molecule has 0 bridgehead atoms. The third-order valence-corrected chi connectivity index (χ3v) is 6.74. The van der Waals surface area contributed by atoms with Crippen molar-refractivity contribution < 1.29 is 31.8 Å². The van der Waals surface area contributed by atoms with Crippen LogP contribution in [0.2, 0.25) is 0 Å². The molecule has 5 rings (SSSR count). The zero-order chi connectivity index (χ0) is 29.2. The van der Waals surface area contributed by atoms with Crippen LogP contribution < -0.4 is 4.74 Å². The fourth-order valence-electron chi connectivity index (χ4n) is 4.59. The fourth-order valence-corrected chi connectivity index (χ4v) is 4.59. The van der Waals surface area contributed by atoms with Crippen molar-refractivity contribution in [3.05, 3.63) is 108 Å². The molecule has 3 heterocycles. The van der Waals surface area contributed by atoms with Crippen LogP contribution in [0.3, 0.4) is 0 Å². The Morgan fingerprint density at radius 2 is 1.80 bits per heavy atom. The molecule has 0 radical (unpaired) electrons. The number of alkyl halides is 3. The highest BCUT2D eigenvalue weighted by molar-refractivity contribution is 5.64. The van der Waals surface area contributed by atoms with Gasteiger partial charge in [-0.1, -0.05) is 25.1 Å². The minimum Gasteiger partial charge on any atom is -0.406 e. The molecule has 0 unspecified atom stereocenters. The quantitative estimate of drug-likeness (QED) is 0.208. The van der Waals surface area contributed by atoms with Gasteiger partial charge in [-0.2, -0.15) is 5.10 Å². The summed E-state index contributed by atoms with van der Waals surface area (Å²) in [5, 5.41) is 15.7. The van der Waals surface area contributed by atoms with Gasteiger partial charge in [0.05, 0.1) is 12.2 Å². The lowest BCUT2D eigenvalue weighted by molar-refractivity contribution is -0.274. The largest absolute Gasteiger partial charge is 0.573 e. The van der Waals surface area contributed by atoms with Crippen LogP contribution in [0.5, 0.6) is 5.75 Å². The summed E-state index contributed by atoms with van der Waals surface area (Å²) >= 11 is 0. The van der Waals surface area contributed by atoms with Crippen molar-refractivity contribution in [3.8, 4) is 17.0 Å². The van der Waals surface area contributed by atoms with Gasteiger partial charge in [-0.05, 0) is 60.4 Å². The normalized spacial score (nSPS) is 14.4. The van der Waals surface area contributed by atoms with E-state index in [9.17, 15) is 27.1 Å². The number of fused-ring (bicyclic) bond motifs is 1. The van der Waals surface area contributed by atoms with Crippen LogP contribution >= 0.6 is 0 Å². The summed E-state index contributed by atoms with van der Waals surface area (Å²) in [6.45, 7) is 1.68. The van der Waals surface area contributed by atoms with Gasteiger partial charge in [-0.3, -0.25) is 0 Å². The van der Waals surface area contributed by atoms with Crippen molar-refractivity contribution >= 4 is 11.7 Å². The smallest absolute Gasteiger partial charge is 0.406 e. The summed E-state index contributed by atoms with van der Waals surface area (Å²) in [7, 11) is 0. The highest BCUT2D eigenvalue weighted by Gasteiger charge is 2.38. The number of halogens is 5. The molecular weight excluding hydrogens is 545 g/mol. The van der Waals surface area contributed by atoms with E-state index < -0.39 is 29.5 Å². The van der Waals surface area contributed by atoms with Gasteiger partial charge in [0.15, 0.2) is 0 Å². The van der Waals surface area contributed by atoms with Gasteiger partial charge < -0.3 is 14.2 Å². The van der Waals surface area contributed by atoms with E-state index in [0.717, 1.165) is 17.7 Å². The van der Waals surface area contributed by atoms with Crippen LogP contribution in [0.4, 0.5) is 22.0 Å². The van der Waals surface area contributed by atoms with E-state index in [2.05, 4.69) is 19.8 Å². The summed E-state index contributed by atoms with van der Waals surface area (Å²) < 4.78 is 72.7. The Kier molecular flexibility index (Phi) is 7.59. The topological polar surface area (TPSA) is 77.5 Å². The van der Waals surface area contributed by atoms with E-state index in [1.807, 2.05) is 24.4 Å². The molecule has 5 aromatic rings. The number of aromatic nitrogens is 5. The van der Waals surface area contributed by atoms with Crippen LogP contribution in [0.1, 0.15) is 24.5 Å². The molecule has 7 nitrogen and oxygen atoms in total. The van der Waals surface area contributed by atoms with E-state index in [0.29, 0.717) is 23.3 Å². The Labute approximate surface area is 231 Å². The van der Waals surface area contributed by atoms with E-state index in [1.54, 1.807) is 23.6 Å². The van der Waals surface area contributed by atoms with Crippen LogP contribution in [0.15, 0.2) is 85.7 Å². The molecule has 0 fully saturated rings. The number of allylic oxidation sites excluding steroid dienone is 1. The van der Waals surface area contributed by atoms with Gasteiger partial charge in [-0.15, -0.1) is 13.2 Å². The van der Waals surface area contributed by atoms with Crippen molar-refractivity contribution in [1.29, 1.82) is 0 Å². The van der Waals surface area contributed by atoms with Crippen LogP contribution in [-0.2, 0) is 12.1 Å². The second kappa shape index (κ2) is 11.1. The van der Waals surface area contributed by atoms with Crippen molar-refractivity contribution in [3.63, 3.8) is 0 Å². The Hall–Kier alpha value is -4.58.